The third-order valence-electron chi connectivity index (χ3n) is 4.24. The lowest BCUT2D eigenvalue weighted by atomic mass is 9.91. The fourth-order valence-corrected chi connectivity index (χ4v) is 2.79. The summed E-state index contributed by atoms with van der Waals surface area (Å²) in [4.78, 5) is 26.4. The SMILES string of the molecule is CCCn1nnnc1CN1C(=O)NC(C)(c2ccc(C)cc2)C1=O. The summed E-state index contributed by atoms with van der Waals surface area (Å²) in [5.41, 5.74) is 0.769. The van der Waals surface area contributed by atoms with Crippen molar-refractivity contribution in [2.75, 3.05) is 0 Å². The number of carbonyl (C=O) groups is 2. The van der Waals surface area contributed by atoms with Gasteiger partial charge in [-0.1, -0.05) is 36.8 Å². The molecule has 2 heterocycles. The molecule has 0 radical (unpaired) electrons. The Balaban J connectivity index is 1.86. The first kappa shape index (κ1) is 16.1. The van der Waals surface area contributed by atoms with Crippen LogP contribution in [0.4, 0.5) is 4.79 Å². The Labute approximate surface area is 139 Å². The average Bonchev–Trinajstić information content (AvgIpc) is 3.07. The maximum absolute atomic E-state index is 12.9. The van der Waals surface area contributed by atoms with Crippen molar-refractivity contribution in [1.82, 2.24) is 30.4 Å². The van der Waals surface area contributed by atoms with Crippen LogP contribution in [-0.4, -0.2) is 37.0 Å². The van der Waals surface area contributed by atoms with Crippen molar-refractivity contribution in [3.8, 4) is 0 Å². The lowest BCUT2D eigenvalue weighted by Crippen LogP contribution is -2.40. The number of imide groups is 1. The number of benzene rings is 1. The topological polar surface area (TPSA) is 93.0 Å². The molecule has 1 unspecified atom stereocenters. The highest BCUT2D eigenvalue weighted by atomic mass is 16.2. The van der Waals surface area contributed by atoms with E-state index < -0.39 is 11.6 Å². The van der Waals surface area contributed by atoms with Crippen molar-refractivity contribution >= 4 is 11.9 Å². The van der Waals surface area contributed by atoms with Crippen molar-refractivity contribution in [2.45, 2.75) is 45.8 Å². The van der Waals surface area contributed by atoms with Crippen molar-refractivity contribution in [1.29, 1.82) is 0 Å². The number of urea groups is 1. The van der Waals surface area contributed by atoms with E-state index in [4.69, 9.17) is 0 Å². The summed E-state index contributed by atoms with van der Waals surface area (Å²) in [6.45, 7) is 6.39. The Morgan fingerprint density at radius 3 is 2.58 bits per heavy atom. The predicted octanol–water partition coefficient (Wildman–Crippen LogP) is 1.36. The van der Waals surface area contributed by atoms with Crippen molar-refractivity contribution < 1.29 is 9.59 Å². The molecular formula is C16H20N6O2. The number of hydrogen-bond acceptors (Lipinski definition) is 5. The number of carbonyl (C=O) groups excluding carboxylic acids is 2. The van der Waals surface area contributed by atoms with Crippen LogP contribution in [0.2, 0.25) is 0 Å². The minimum Gasteiger partial charge on any atom is -0.319 e. The van der Waals surface area contributed by atoms with Crippen LogP contribution in [0.1, 0.15) is 37.2 Å². The summed E-state index contributed by atoms with van der Waals surface area (Å²) in [5.74, 6) is 0.191. The van der Waals surface area contributed by atoms with Gasteiger partial charge >= 0.3 is 6.03 Å². The normalized spacial score (nSPS) is 20.5. The fraction of sp³-hybridized carbons (Fsp3) is 0.438. The van der Waals surface area contributed by atoms with Gasteiger partial charge in [0, 0.05) is 6.54 Å². The Kier molecular flexibility index (Phi) is 4.04. The van der Waals surface area contributed by atoms with E-state index in [-0.39, 0.29) is 12.5 Å². The second kappa shape index (κ2) is 6.03. The second-order valence-electron chi connectivity index (χ2n) is 6.13. The Hall–Kier alpha value is -2.77. The van der Waals surface area contributed by atoms with Crippen LogP contribution in [0.5, 0.6) is 0 Å². The Morgan fingerprint density at radius 1 is 1.21 bits per heavy atom. The highest BCUT2D eigenvalue weighted by molar-refractivity contribution is 6.07. The molecule has 8 heteroatoms. The van der Waals surface area contributed by atoms with Gasteiger partial charge in [0.1, 0.15) is 5.54 Å². The fourth-order valence-electron chi connectivity index (χ4n) is 2.79. The molecule has 1 aliphatic rings. The quantitative estimate of drug-likeness (QED) is 0.837. The Bertz CT molecular complexity index is 769. The van der Waals surface area contributed by atoms with Crippen LogP contribution in [0.15, 0.2) is 24.3 Å². The molecule has 0 spiro atoms. The number of amides is 3. The number of aromatic nitrogens is 4. The van der Waals surface area contributed by atoms with Gasteiger partial charge in [-0.2, -0.15) is 0 Å². The molecule has 2 aromatic rings. The molecule has 1 aromatic carbocycles. The molecule has 0 bridgehead atoms. The van der Waals surface area contributed by atoms with E-state index in [0.717, 1.165) is 22.4 Å². The molecule has 24 heavy (non-hydrogen) atoms. The Morgan fingerprint density at radius 2 is 1.92 bits per heavy atom. The van der Waals surface area contributed by atoms with Gasteiger partial charge in [0.2, 0.25) is 0 Å². The highest BCUT2D eigenvalue weighted by Crippen LogP contribution is 2.29. The van der Waals surface area contributed by atoms with Crippen LogP contribution in [0.25, 0.3) is 0 Å². The summed E-state index contributed by atoms with van der Waals surface area (Å²) in [5, 5.41) is 14.2. The van der Waals surface area contributed by atoms with Crippen molar-refractivity contribution in [2.24, 2.45) is 0 Å². The number of hydrogen-bond donors (Lipinski definition) is 1. The molecular weight excluding hydrogens is 308 g/mol. The van der Waals surface area contributed by atoms with E-state index >= 15 is 0 Å². The highest BCUT2D eigenvalue weighted by Gasteiger charge is 2.49. The van der Waals surface area contributed by atoms with Crippen LogP contribution < -0.4 is 5.32 Å². The van der Waals surface area contributed by atoms with Crippen LogP contribution in [0, 0.1) is 6.92 Å². The van der Waals surface area contributed by atoms with E-state index in [0.29, 0.717) is 12.4 Å². The standard InChI is InChI=1S/C16H20N6O2/c1-4-9-22-13(18-19-20-22)10-21-14(23)16(3,17-15(21)24)12-7-5-11(2)6-8-12/h5-8H,4,9-10H2,1-3H3,(H,17,24). The van der Waals surface area contributed by atoms with E-state index in [1.165, 1.54) is 0 Å². The number of aryl methyl sites for hydroxylation is 2. The van der Waals surface area contributed by atoms with Crippen LogP contribution in [-0.2, 0) is 23.4 Å². The number of rotatable bonds is 5. The first-order valence-electron chi connectivity index (χ1n) is 7.92. The summed E-state index contributed by atoms with van der Waals surface area (Å²) in [7, 11) is 0. The van der Waals surface area contributed by atoms with E-state index in [2.05, 4.69) is 20.8 Å². The molecule has 1 atom stereocenters. The lowest BCUT2D eigenvalue weighted by molar-refractivity contribution is -0.131. The zero-order valence-electron chi connectivity index (χ0n) is 14.0. The molecule has 1 aliphatic heterocycles. The minimum atomic E-state index is -1.08. The maximum atomic E-state index is 12.9. The maximum Gasteiger partial charge on any atom is 0.325 e. The van der Waals surface area contributed by atoms with Gasteiger partial charge in [-0.05, 0) is 36.3 Å². The monoisotopic (exact) mass is 328 g/mol. The van der Waals surface area contributed by atoms with Gasteiger partial charge in [0.05, 0.1) is 6.54 Å². The molecule has 1 aromatic heterocycles. The zero-order valence-corrected chi connectivity index (χ0v) is 14.0. The lowest BCUT2D eigenvalue weighted by Gasteiger charge is -2.22. The third-order valence-corrected chi connectivity index (χ3v) is 4.24. The molecule has 3 amide bonds. The summed E-state index contributed by atoms with van der Waals surface area (Å²) < 4.78 is 1.61. The second-order valence-corrected chi connectivity index (χ2v) is 6.13. The minimum absolute atomic E-state index is 0.0547. The zero-order chi connectivity index (χ0) is 17.3. The van der Waals surface area contributed by atoms with E-state index in [1.54, 1.807) is 11.6 Å². The largest absolute Gasteiger partial charge is 0.325 e. The summed E-state index contributed by atoms with van der Waals surface area (Å²) >= 11 is 0. The third kappa shape index (κ3) is 2.64. The smallest absolute Gasteiger partial charge is 0.319 e. The van der Waals surface area contributed by atoms with Crippen LogP contribution >= 0.6 is 0 Å². The number of tetrazole rings is 1. The number of nitrogens with one attached hydrogen (secondary N) is 1. The van der Waals surface area contributed by atoms with Gasteiger partial charge in [-0.3, -0.25) is 9.69 Å². The summed E-state index contributed by atoms with van der Waals surface area (Å²) in [6.07, 6.45) is 0.860. The van der Waals surface area contributed by atoms with E-state index in [1.807, 2.05) is 38.1 Å². The van der Waals surface area contributed by atoms with Crippen molar-refractivity contribution in [3.63, 3.8) is 0 Å². The molecule has 0 aliphatic carbocycles. The molecule has 126 valence electrons. The summed E-state index contributed by atoms with van der Waals surface area (Å²) in [6, 6.07) is 7.12. The van der Waals surface area contributed by atoms with Gasteiger partial charge in [0.25, 0.3) is 5.91 Å². The predicted molar refractivity (Wildman–Crippen MR) is 85.7 cm³/mol. The molecule has 0 saturated carbocycles. The molecule has 1 N–H and O–H groups in total. The molecule has 8 nitrogen and oxygen atoms in total. The first-order chi connectivity index (χ1) is 11.5. The van der Waals surface area contributed by atoms with Crippen molar-refractivity contribution in [3.05, 3.63) is 41.2 Å². The van der Waals surface area contributed by atoms with Gasteiger partial charge in [0.15, 0.2) is 5.82 Å². The van der Waals surface area contributed by atoms with Gasteiger partial charge in [-0.25, -0.2) is 9.48 Å². The van der Waals surface area contributed by atoms with Crippen LogP contribution in [0.3, 0.4) is 0 Å². The van der Waals surface area contributed by atoms with Gasteiger partial charge < -0.3 is 5.32 Å². The number of nitrogens with zero attached hydrogens (tertiary/aromatic N) is 5. The van der Waals surface area contributed by atoms with E-state index in [9.17, 15) is 9.59 Å². The molecule has 1 saturated heterocycles. The molecule has 1 fully saturated rings. The average molecular weight is 328 g/mol. The molecule has 3 rings (SSSR count). The van der Waals surface area contributed by atoms with Gasteiger partial charge in [-0.15, -0.1) is 5.10 Å². The first-order valence-corrected chi connectivity index (χ1v) is 7.92.